The molecule has 0 aromatic heterocycles. The number of hydrogen-bond donors (Lipinski definition) is 0. The second-order valence-corrected chi connectivity index (χ2v) is 4.47. The summed E-state index contributed by atoms with van der Waals surface area (Å²) >= 11 is 0. The zero-order valence-corrected chi connectivity index (χ0v) is 11.0. The lowest BCUT2D eigenvalue weighted by atomic mass is 10.1. The van der Waals surface area contributed by atoms with Crippen molar-refractivity contribution in [2.75, 3.05) is 6.61 Å². The molecule has 0 unspecified atom stereocenters. The molecule has 0 radical (unpaired) electrons. The molecule has 0 bridgehead atoms. The molecule has 2 nitrogen and oxygen atoms in total. The Hall–Kier alpha value is -2.23. The van der Waals surface area contributed by atoms with Crippen LogP contribution in [0.15, 0.2) is 42.5 Å². The number of hydrogen-bond acceptors (Lipinski definition) is 2. The SMILES string of the molecule is Cc1cccc(OCCC(=O)c2ccc(F)c(F)c2)c1. The smallest absolute Gasteiger partial charge is 0.166 e. The van der Waals surface area contributed by atoms with Crippen molar-refractivity contribution in [2.24, 2.45) is 0 Å². The fourth-order valence-corrected chi connectivity index (χ4v) is 1.78. The maximum atomic E-state index is 13.0. The van der Waals surface area contributed by atoms with Crippen LogP contribution in [0.3, 0.4) is 0 Å². The van der Waals surface area contributed by atoms with Gasteiger partial charge >= 0.3 is 0 Å². The summed E-state index contributed by atoms with van der Waals surface area (Å²) < 4.78 is 31.2. The fourth-order valence-electron chi connectivity index (χ4n) is 1.78. The zero-order valence-electron chi connectivity index (χ0n) is 11.0. The van der Waals surface area contributed by atoms with Gasteiger partial charge in [-0.15, -0.1) is 0 Å². The molecule has 2 aromatic carbocycles. The minimum Gasteiger partial charge on any atom is -0.493 e. The lowest BCUT2D eigenvalue weighted by Gasteiger charge is -2.06. The normalized spacial score (nSPS) is 10.3. The van der Waals surface area contributed by atoms with Crippen molar-refractivity contribution in [3.63, 3.8) is 0 Å². The van der Waals surface area contributed by atoms with Crippen LogP contribution in [0.1, 0.15) is 22.3 Å². The molecule has 0 aliphatic carbocycles. The standard InChI is InChI=1S/C16H14F2O2/c1-11-3-2-4-13(9-11)20-8-7-16(19)12-5-6-14(17)15(18)10-12/h2-6,9-10H,7-8H2,1H3. The Bertz CT molecular complexity index is 624. The lowest BCUT2D eigenvalue weighted by Crippen LogP contribution is -2.07. The Balaban J connectivity index is 1.90. The van der Waals surface area contributed by atoms with E-state index in [-0.39, 0.29) is 24.4 Å². The minimum absolute atomic E-state index is 0.110. The molecule has 0 heterocycles. The lowest BCUT2D eigenvalue weighted by molar-refractivity contribution is 0.0961. The van der Waals surface area contributed by atoms with Gasteiger partial charge < -0.3 is 4.74 Å². The molecule has 0 saturated carbocycles. The number of halogens is 2. The molecule has 0 aliphatic rings. The van der Waals surface area contributed by atoms with Crippen molar-refractivity contribution >= 4 is 5.78 Å². The van der Waals surface area contributed by atoms with E-state index in [1.165, 1.54) is 6.07 Å². The van der Waals surface area contributed by atoms with Gasteiger partial charge in [-0.05, 0) is 42.8 Å². The van der Waals surface area contributed by atoms with E-state index in [0.29, 0.717) is 5.75 Å². The second kappa shape index (κ2) is 6.28. The van der Waals surface area contributed by atoms with Gasteiger partial charge in [-0.1, -0.05) is 12.1 Å². The van der Waals surface area contributed by atoms with Crippen LogP contribution in [0.2, 0.25) is 0 Å². The maximum Gasteiger partial charge on any atom is 0.166 e. The topological polar surface area (TPSA) is 26.3 Å². The first-order valence-corrected chi connectivity index (χ1v) is 6.24. The molecule has 0 N–H and O–H groups in total. The van der Waals surface area contributed by atoms with Crippen LogP contribution in [0.4, 0.5) is 8.78 Å². The van der Waals surface area contributed by atoms with E-state index in [4.69, 9.17) is 4.74 Å². The van der Waals surface area contributed by atoms with E-state index in [9.17, 15) is 13.6 Å². The molecule has 0 aliphatic heterocycles. The van der Waals surface area contributed by atoms with Crippen molar-refractivity contribution < 1.29 is 18.3 Å². The molecule has 4 heteroatoms. The zero-order chi connectivity index (χ0) is 14.5. The predicted molar refractivity (Wildman–Crippen MR) is 72.0 cm³/mol. The van der Waals surface area contributed by atoms with Crippen molar-refractivity contribution in [1.29, 1.82) is 0 Å². The van der Waals surface area contributed by atoms with Crippen molar-refractivity contribution in [2.45, 2.75) is 13.3 Å². The van der Waals surface area contributed by atoms with E-state index >= 15 is 0 Å². The van der Waals surface area contributed by atoms with Crippen LogP contribution < -0.4 is 4.74 Å². The number of benzene rings is 2. The molecular formula is C16H14F2O2. The quantitative estimate of drug-likeness (QED) is 0.773. The Morgan fingerprint density at radius 3 is 2.60 bits per heavy atom. The molecular weight excluding hydrogens is 262 g/mol. The highest BCUT2D eigenvalue weighted by Gasteiger charge is 2.10. The summed E-state index contributed by atoms with van der Waals surface area (Å²) in [7, 11) is 0. The average molecular weight is 276 g/mol. The molecule has 0 fully saturated rings. The summed E-state index contributed by atoms with van der Waals surface area (Å²) in [4.78, 5) is 11.8. The van der Waals surface area contributed by atoms with E-state index in [1.807, 2.05) is 25.1 Å². The van der Waals surface area contributed by atoms with E-state index < -0.39 is 11.6 Å². The molecule has 0 saturated heterocycles. The summed E-state index contributed by atoms with van der Waals surface area (Å²) in [6.45, 7) is 2.14. The predicted octanol–water partition coefficient (Wildman–Crippen LogP) is 3.93. The first kappa shape index (κ1) is 14.2. The number of carbonyl (C=O) groups is 1. The van der Waals surface area contributed by atoms with E-state index in [2.05, 4.69) is 0 Å². The van der Waals surface area contributed by atoms with Crippen molar-refractivity contribution in [3.05, 3.63) is 65.2 Å². The molecule has 2 rings (SSSR count). The number of aryl methyl sites for hydroxylation is 1. The molecule has 0 amide bonds. The third-order valence-corrected chi connectivity index (χ3v) is 2.83. The highest BCUT2D eigenvalue weighted by molar-refractivity contribution is 5.96. The first-order chi connectivity index (χ1) is 9.56. The van der Waals surface area contributed by atoms with Crippen LogP contribution in [-0.2, 0) is 0 Å². The first-order valence-electron chi connectivity index (χ1n) is 6.24. The van der Waals surface area contributed by atoms with E-state index in [0.717, 1.165) is 17.7 Å². The van der Waals surface area contributed by atoms with Gasteiger partial charge in [-0.3, -0.25) is 4.79 Å². The fraction of sp³-hybridized carbons (Fsp3) is 0.188. The Morgan fingerprint density at radius 1 is 1.10 bits per heavy atom. The molecule has 104 valence electrons. The summed E-state index contributed by atoms with van der Waals surface area (Å²) in [5, 5.41) is 0. The van der Waals surface area contributed by atoms with Crippen LogP contribution in [0.25, 0.3) is 0 Å². The minimum atomic E-state index is -1.02. The van der Waals surface area contributed by atoms with Gasteiger partial charge in [-0.25, -0.2) is 8.78 Å². The molecule has 20 heavy (non-hydrogen) atoms. The number of ketones is 1. The molecule has 0 spiro atoms. The van der Waals surface area contributed by atoms with Crippen LogP contribution >= 0.6 is 0 Å². The average Bonchev–Trinajstić information content (AvgIpc) is 2.42. The number of Topliss-reactive ketones (excluding diaryl/α,β-unsaturated/α-hetero) is 1. The van der Waals surface area contributed by atoms with Gasteiger partial charge in [0.2, 0.25) is 0 Å². The Kier molecular flexibility index (Phi) is 4.45. The molecule has 2 aromatic rings. The van der Waals surface area contributed by atoms with Gasteiger partial charge in [0.15, 0.2) is 17.4 Å². The van der Waals surface area contributed by atoms with Crippen LogP contribution in [0.5, 0.6) is 5.75 Å². The highest BCUT2D eigenvalue weighted by Crippen LogP contribution is 2.14. The molecule has 0 atom stereocenters. The van der Waals surface area contributed by atoms with Gasteiger partial charge in [0.1, 0.15) is 5.75 Å². The van der Waals surface area contributed by atoms with Gasteiger partial charge in [-0.2, -0.15) is 0 Å². The van der Waals surface area contributed by atoms with Gasteiger partial charge in [0.05, 0.1) is 6.61 Å². The van der Waals surface area contributed by atoms with Crippen molar-refractivity contribution in [3.8, 4) is 5.75 Å². The number of rotatable bonds is 5. The van der Waals surface area contributed by atoms with Gasteiger partial charge in [0, 0.05) is 12.0 Å². The monoisotopic (exact) mass is 276 g/mol. The Labute approximate surface area is 116 Å². The van der Waals surface area contributed by atoms with E-state index in [1.54, 1.807) is 6.07 Å². The summed E-state index contributed by atoms with van der Waals surface area (Å²) in [5.41, 5.74) is 1.21. The van der Waals surface area contributed by atoms with Crippen LogP contribution in [-0.4, -0.2) is 12.4 Å². The third-order valence-electron chi connectivity index (χ3n) is 2.83. The second-order valence-electron chi connectivity index (χ2n) is 4.47. The van der Waals surface area contributed by atoms with Gasteiger partial charge in [0.25, 0.3) is 0 Å². The number of ether oxygens (including phenoxy) is 1. The van der Waals surface area contributed by atoms with Crippen LogP contribution in [0, 0.1) is 18.6 Å². The maximum absolute atomic E-state index is 13.0. The summed E-state index contributed by atoms with van der Waals surface area (Å²) in [6, 6.07) is 10.6. The summed E-state index contributed by atoms with van der Waals surface area (Å²) in [5.74, 6) is -1.58. The third kappa shape index (κ3) is 3.63. The summed E-state index contributed by atoms with van der Waals surface area (Å²) in [6.07, 6.45) is 0.110. The Morgan fingerprint density at radius 2 is 1.90 bits per heavy atom. The highest BCUT2D eigenvalue weighted by atomic mass is 19.2. The van der Waals surface area contributed by atoms with Crippen molar-refractivity contribution in [1.82, 2.24) is 0 Å². The largest absolute Gasteiger partial charge is 0.493 e. The number of carbonyl (C=O) groups excluding carboxylic acids is 1.